The number of hydrogen-bond donors (Lipinski definition) is 1. The van der Waals surface area contributed by atoms with Crippen LogP contribution in [0.4, 0.5) is 5.82 Å². The first kappa shape index (κ1) is 10.2. The number of aromatic nitrogens is 2. The van der Waals surface area contributed by atoms with E-state index in [1.165, 1.54) is 12.8 Å². The molecule has 0 amide bonds. The molecule has 0 aromatic carbocycles. The summed E-state index contributed by atoms with van der Waals surface area (Å²) >= 11 is 0. The number of ether oxygens (including phenoxy) is 1. The largest absolute Gasteiger partial charge is 0.478 e. The second-order valence-electron chi connectivity index (χ2n) is 3.69. The van der Waals surface area contributed by atoms with Gasteiger partial charge in [-0.25, -0.2) is 4.98 Å². The summed E-state index contributed by atoms with van der Waals surface area (Å²) < 4.78 is 5.42. The van der Waals surface area contributed by atoms with Crippen molar-refractivity contribution in [2.75, 3.05) is 18.5 Å². The van der Waals surface area contributed by atoms with Gasteiger partial charge in [0.25, 0.3) is 0 Å². The van der Waals surface area contributed by atoms with Crippen LogP contribution < -0.4 is 10.1 Å². The Bertz CT molecular complexity index is 312. The maximum absolute atomic E-state index is 5.42. The number of nitrogens with one attached hydrogen (secondary N) is 1. The van der Waals surface area contributed by atoms with Crippen LogP contribution >= 0.6 is 0 Å². The molecule has 1 aliphatic rings. The molecule has 1 fully saturated rings. The Hall–Kier alpha value is -1.32. The highest BCUT2D eigenvalue weighted by atomic mass is 16.5. The first-order valence-electron chi connectivity index (χ1n) is 5.59. The summed E-state index contributed by atoms with van der Waals surface area (Å²) in [5.41, 5.74) is 0. The lowest BCUT2D eigenvalue weighted by Crippen LogP contribution is -2.05. The van der Waals surface area contributed by atoms with Gasteiger partial charge in [0.15, 0.2) is 0 Å². The van der Waals surface area contributed by atoms with Crippen molar-refractivity contribution < 1.29 is 4.74 Å². The van der Waals surface area contributed by atoms with Crippen LogP contribution in [0.2, 0.25) is 0 Å². The van der Waals surface area contributed by atoms with E-state index in [9.17, 15) is 0 Å². The van der Waals surface area contributed by atoms with Crippen LogP contribution in [0.25, 0.3) is 0 Å². The molecule has 0 atom stereocenters. The topological polar surface area (TPSA) is 47.0 Å². The normalized spacial score (nSPS) is 15.1. The minimum absolute atomic E-state index is 0.558. The predicted octanol–water partition coefficient (Wildman–Crippen LogP) is 2.18. The molecule has 1 saturated carbocycles. The zero-order valence-corrected chi connectivity index (χ0v) is 9.29. The zero-order chi connectivity index (χ0) is 10.7. The average molecular weight is 207 g/mol. The molecule has 0 bridgehead atoms. The molecule has 1 aromatic rings. The molecule has 1 aliphatic carbocycles. The Morgan fingerprint density at radius 2 is 2.20 bits per heavy atom. The molecule has 0 spiro atoms. The van der Waals surface area contributed by atoms with Gasteiger partial charge >= 0.3 is 0 Å². The molecule has 1 heterocycles. The fourth-order valence-corrected chi connectivity index (χ4v) is 1.46. The molecule has 4 heteroatoms. The SMILES string of the molecule is CCNc1cc(OCC)nc(C2CC2)n1. The molecule has 1 aromatic heterocycles. The molecule has 0 radical (unpaired) electrons. The maximum atomic E-state index is 5.42. The lowest BCUT2D eigenvalue weighted by molar-refractivity contribution is 0.325. The average Bonchev–Trinajstić information content (AvgIpc) is 3.01. The zero-order valence-electron chi connectivity index (χ0n) is 9.29. The van der Waals surface area contributed by atoms with Gasteiger partial charge in [0.05, 0.1) is 6.61 Å². The predicted molar refractivity (Wildman–Crippen MR) is 59.3 cm³/mol. The van der Waals surface area contributed by atoms with Crippen molar-refractivity contribution in [3.8, 4) is 5.88 Å². The van der Waals surface area contributed by atoms with Crippen LogP contribution in [-0.4, -0.2) is 23.1 Å². The second kappa shape index (κ2) is 4.47. The van der Waals surface area contributed by atoms with Gasteiger partial charge in [-0.3, -0.25) is 0 Å². The van der Waals surface area contributed by atoms with Crippen molar-refractivity contribution in [2.24, 2.45) is 0 Å². The van der Waals surface area contributed by atoms with E-state index in [1.54, 1.807) is 0 Å². The van der Waals surface area contributed by atoms with Crippen molar-refractivity contribution in [3.63, 3.8) is 0 Å². The molecule has 0 saturated heterocycles. The minimum atomic E-state index is 0.558. The van der Waals surface area contributed by atoms with E-state index in [-0.39, 0.29) is 0 Å². The summed E-state index contributed by atoms with van der Waals surface area (Å²) in [5, 5.41) is 3.20. The number of nitrogens with zero attached hydrogens (tertiary/aromatic N) is 2. The molecular formula is C11H17N3O. The fourth-order valence-electron chi connectivity index (χ4n) is 1.46. The second-order valence-corrected chi connectivity index (χ2v) is 3.69. The van der Waals surface area contributed by atoms with E-state index < -0.39 is 0 Å². The van der Waals surface area contributed by atoms with Crippen molar-refractivity contribution in [3.05, 3.63) is 11.9 Å². The van der Waals surface area contributed by atoms with E-state index in [0.717, 1.165) is 18.2 Å². The van der Waals surface area contributed by atoms with Crippen molar-refractivity contribution in [1.29, 1.82) is 0 Å². The monoisotopic (exact) mass is 207 g/mol. The first-order chi connectivity index (χ1) is 7.33. The molecule has 15 heavy (non-hydrogen) atoms. The van der Waals surface area contributed by atoms with Gasteiger partial charge in [0.1, 0.15) is 11.6 Å². The highest BCUT2D eigenvalue weighted by Crippen LogP contribution is 2.39. The van der Waals surface area contributed by atoms with Crippen LogP contribution in [0, 0.1) is 0 Å². The molecule has 82 valence electrons. The van der Waals surface area contributed by atoms with Crippen LogP contribution in [0.3, 0.4) is 0 Å². The molecule has 4 nitrogen and oxygen atoms in total. The summed E-state index contributed by atoms with van der Waals surface area (Å²) in [5.74, 6) is 3.04. The van der Waals surface area contributed by atoms with E-state index >= 15 is 0 Å². The quantitative estimate of drug-likeness (QED) is 0.804. The van der Waals surface area contributed by atoms with Gasteiger partial charge in [0, 0.05) is 18.5 Å². The van der Waals surface area contributed by atoms with Gasteiger partial charge in [0.2, 0.25) is 5.88 Å². The van der Waals surface area contributed by atoms with Crippen LogP contribution in [-0.2, 0) is 0 Å². The highest BCUT2D eigenvalue weighted by Gasteiger charge is 2.27. The third kappa shape index (κ3) is 2.58. The van der Waals surface area contributed by atoms with Gasteiger partial charge in [-0.2, -0.15) is 4.98 Å². The third-order valence-corrected chi connectivity index (χ3v) is 2.31. The van der Waals surface area contributed by atoms with Gasteiger partial charge in [-0.15, -0.1) is 0 Å². The number of hydrogen-bond acceptors (Lipinski definition) is 4. The molecule has 0 aliphatic heterocycles. The summed E-state index contributed by atoms with van der Waals surface area (Å²) in [4.78, 5) is 8.86. The molecular weight excluding hydrogens is 190 g/mol. The van der Waals surface area contributed by atoms with Crippen LogP contribution in [0.1, 0.15) is 38.4 Å². The molecule has 2 rings (SSSR count). The Labute approximate surface area is 90.1 Å². The number of rotatable bonds is 5. The Kier molecular flexibility index (Phi) is 3.04. The molecule has 0 unspecified atom stereocenters. The van der Waals surface area contributed by atoms with Gasteiger partial charge in [-0.05, 0) is 26.7 Å². The minimum Gasteiger partial charge on any atom is -0.478 e. The first-order valence-corrected chi connectivity index (χ1v) is 5.59. The van der Waals surface area contributed by atoms with Gasteiger partial charge < -0.3 is 10.1 Å². The van der Waals surface area contributed by atoms with Gasteiger partial charge in [-0.1, -0.05) is 0 Å². The lowest BCUT2D eigenvalue weighted by atomic mass is 10.4. The fraction of sp³-hybridized carbons (Fsp3) is 0.636. The summed E-state index contributed by atoms with van der Waals surface area (Å²) in [6.07, 6.45) is 2.42. The standard InChI is InChI=1S/C11H17N3O/c1-3-12-9-7-10(15-4-2)14-11(13-9)8-5-6-8/h7-8H,3-6H2,1-2H3,(H,12,13,14). The number of anilines is 1. The molecule has 1 N–H and O–H groups in total. The Morgan fingerprint density at radius 1 is 1.40 bits per heavy atom. The van der Waals surface area contributed by atoms with Crippen molar-refractivity contribution in [2.45, 2.75) is 32.6 Å². The van der Waals surface area contributed by atoms with Crippen molar-refractivity contribution >= 4 is 5.82 Å². The van der Waals surface area contributed by atoms with Crippen LogP contribution in [0.5, 0.6) is 5.88 Å². The highest BCUT2D eigenvalue weighted by molar-refractivity contribution is 5.39. The van der Waals surface area contributed by atoms with E-state index in [4.69, 9.17) is 4.74 Å². The summed E-state index contributed by atoms with van der Waals surface area (Å²) in [6, 6.07) is 1.86. The van der Waals surface area contributed by atoms with Crippen LogP contribution in [0.15, 0.2) is 6.07 Å². The summed E-state index contributed by atoms with van der Waals surface area (Å²) in [7, 11) is 0. The summed E-state index contributed by atoms with van der Waals surface area (Å²) in [6.45, 7) is 5.53. The maximum Gasteiger partial charge on any atom is 0.218 e. The Morgan fingerprint density at radius 3 is 2.80 bits per heavy atom. The third-order valence-electron chi connectivity index (χ3n) is 2.31. The Balaban J connectivity index is 2.21. The van der Waals surface area contributed by atoms with E-state index in [0.29, 0.717) is 18.4 Å². The lowest BCUT2D eigenvalue weighted by Gasteiger charge is -2.08. The smallest absolute Gasteiger partial charge is 0.218 e. The van der Waals surface area contributed by atoms with E-state index in [1.807, 2.05) is 13.0 Å². The van der Waals surface area contributed by atoms with E-state index in [2.05, 4.69) is 22.2 Å². The van der Waals surface area contributed by atoms with Crippen molar-refractivity contribution in [1.82, 2.24) is 9.97 Å².